The fourth-order valence-electron chi connectivity index (χ4n) is 2.99. The zero-order valence-electron chi connectivity index (χ0n) is 14.8. The molecule has 1 aliphatic heterocycles. The molecule has 0 radical (unpaired) electrons. The molecule has 0 bridgehead atoms. The predicted molar refractivity (Wildman–Crippen MR) is 90.5 cm³/mol. The number of allylic oxidation sites excluding steroid dienone is 1. The SMILES string of the molecule is COCCN1C(=O)N[C@H](c2ccc(C)cc2C)C(C(=O)OC)=C1C. The maximum absolute atomic E-state index is 12.5. The van der Waals surface area contributed by atoms with Crippen LogP contribution in [0.15, 0.2) is 29.5 Å². The highest BCUT2D eigenvalue weighted by atomic mass is 16.5. The number of urea groups is 1. The fraction of sp³-hybridized carbons (Fsp3) is 0.444. The first-order chi connectivity index (χ1) is 11.4. The van der Waals surface area contributed by atoms with E-state index in [1.54, 1.807) is 14.0 Å². The Morgan fingerprint density at radius 3 is 2.54 bits per heavy atom. The second kappa shape index (κ2) is 7.49. The van der Waals surface area contributed by atoms with E-state index in [4.69, 9.17) is 9.47 Å². The zero-order valence-corrected chi connectivity index (χ0v) is 14.8. The number of rotatable bonds is 5. The van der Waals surface area contributed by atoms with E-state index < -0.39 is 12.0 Å². The summed E-state index contributed by atoms with van der Waals surface area (Å²) in [7, 11) is 2.91. The molecule has 24 heavy (non-hydrogen) atoms. The number of hydrogen-bond donors (Lipinski definition) is 1. The molecule has 6 nitrogen and oxygen atoms in total. The standard InChI is InChI=1S/C18H24N2O4/c1-11-6-7-14(12(2)10-11)16-15(17(21)24-5)13(3)20(8-9-23-4)18(22)19-16/h6-7,10,16H,8-9H2,1-5H3,(H,19,22)/t16-/m1/s1. The largest absolute Gasteiger partial charge is 0.466 e. The quantitative estimate of drug-likeness (QED) is 0.841. The summed E-state index contributed by atoms with van der Waals surface area (Å²) in [6.45, 7) is 6.49. The molecule has 2 rings (SSSR count). The molecule has 0 saturated carbocycles. The van der Waals surface area contributed by atoms with Crippen LogP contribution in [0.2, 0.25) is 0 Å². The number of amides is 2. The van der Waals surface area contributed by atoms with E-state index in [-0.39, 0.29) is 6.03 Å². The summed E-state index contributed by atoms with van der Waals surface area (Å²) in [5.74, 6) is -0.445. The van der Waals surface area contributed by atoms with Crippen molar-refractivity contribution in [2.45, 2.75) is 26.8 Å². The molecule has 1 atom stereocenters. The summed E-state index contributed by atoms with van der Waals surface area (Å²) in [6, 6.07) is 5.17. The van der Waals surface area contributed by atoms with Gasteiger partial charge >= 0.3 is 12.0 Å². The molecule has 1 N–H and O–H groups in total. The highest BCUT2D eigenvalue weighted by Gasteiger charge is 2.36. The van der Waals surface area contributed by atoms with E-state index in [1.807, 2.05) is 32.0 Å². The lowest BCUT2D eigenvalue weighted by atomic mass is 9.91. The molecule has 0 aromatic heterocycles. The van der Waals surface area contributed by atoms with E-state index in [0.717, 1.165) is 16.7 Å². The van der Waals surface area contributed by atoms with Crippen molar-refractivity contribution in [2.24, 2.45) is 0 Å². The van der Waals surface area contributed by atoms with Gasteiger partial charge in [-0.3, -0.25) is 4.90 Å². The number of nitrogens with one attached hydrogen (secondary N) is 1. The Hall–Kier alpha value is -2.34. The molecule has 1 aromatic rings. The average Bonchev–Trinajstić information content (AvgIpc) is 2.53. The van der Waals surface area contributed by atoms with Gasteiger partial charge in [0, 0.05) is 12.8 Å². The summed E-state index contributed by atoms with van der Waals surface area (Å²) in [5, 5.41) is 2.92. The van der Waals surface area contributed by atoms with Crippen LogP contribution in [-0.2, 0) is 14.3 Å². The Morgan fingerprint density at radius 1 is 1.25 bits per heavy atom. The number of hydrogen-bond acceptors (Lipinski definition) is 4. The lowest BCUT2D eigenvalue weighted by Gasteiger charge is -2.35. The molecule has 6 heteroatoms. The van der Waals surface area contributed by atoms with Gasteiger partial charge in [-0.2, -0.15) is 0 Å². The number of carbonyl (C=O) groups excluding carboxylic acids is 2. The Kier molecular flexibility index (Phi) is 5.62. The summed E-state index contributed by atoms with van der Waals surface area (Å²) >= 11 is 0. The first-order valence-electron chi connectivity index (χ1n) is 7.84. The minimum atomic E-state index is -0.524. The van der Waals surface area contributed by atoms with Crippen molar-refractivity contribution in [1.82, 2.24) is 10.2 Å². The van der Waals surface area contributed by atoms with Crippen LogP contribution in [0.3, 0.4) is 0 Å². The van der Waals surface area contributed by atoms with Crippen molar-refractivity contribution < 1.29 is 19.1 Å². The van der Waals surface area contributed by atoms with Crippen LogP contribution < -0.4 is 5.32 Å². The van der Waals surface area contributed by atoms with Crippen LogP contribution in [-0.4, -0.2) is 44.3 Å². The number of esters is 1. The maximum Gasteiger partial charge on any atom is 0.337 e. The van der Waals surface area contributed by atoms with Gasteiger partial charge in [-0.1, -0.05) is 23.8 Å². The highest BCUT2D eigenvalue weighted by Crippen LogP contribution is 2.32. The van der Waals surface area contributed by atoms with Gasteiger partial charge in [-0.25, -0.2) is 9.59 Å². The molecular formula is C18H24N2O4. The molecule has 0 aliphatic carbocycles. The Bertz CT molecular complexity index is 682. The highest BCUT2D eigenvalue weighted by molar-refractivity contribution is 5.95. The first kappa shape index (κ1) is 18.0. The van der Waals surface area contributed by atoms with Gasteiger partial charge in [-0.15, -0.1) is 0 Å². The number of aryl methyl sites for hydroxylation is 2. The van der Waals surface area contributed by atoms with Gasteiger partial charge in [0.15, 0.2) is 0 Å². The second-order valence-electron chi connectivity index (χ2n) is 5.88. The third-order valence-electron chi connectivity index (χ3n) is 4.26. The van der Waals surface area contributed by atoms with Crippen molar-refractivity contribution >= 4 is 12.0 Å². The Labute approximate surface area is 142 Å². The zero-order chi connectivity index (χ0) is 17.9. The van der Waals surface area contributed by atoms with Gasteiger partial charge in [-0.05, 0) is 31.9 Å². The van der Waals surface area contributed by atoms with Crippen molar-refractivity contribution in [1.29, 1.82) is 0 Å². The molecule has 130 valence electrons. The molecule has 1 heterocycles. The third kappa shape index (κ3) is 3.43. The monoisotopic (exact) mass is 332 g/mol. The molecule has 0 saturated heterocycles. The van der Waals surface area contributed by atoms with Crippen LogP contribution in [0.25, 0.3) is 0 Å². The molecule has 0 fully saturated rings. The summed E-state index contributed by atoms with van der Waals surface area (Å²) in [6.07, 6.45) is 0. The first-order valence-corrected chi connectivity index (χ1v) is 7.84. The smallest absolute Gasteiger partial charge is 0.337 e. The van der Waals surface area contributed by atoms with E-state index >= 15 is 0 Å². The van der Waals surface area contributed by atoms with Gasteiger partial charge < -0.3 is 14.8 Å². The number of ether oxygens (including phenoxy) is 2. The predicted octanol–water partition coefficient (Wildman–Crippen LogP) is 2.46. The van der Waals surface area contributed by atoms with Gasteiger partial charge in [0.25, 0.3) is 0 Å². The minimum Gasteiger partial charge on any atom is -0.466 e. The van der Waals surface area contributed by atoms with E-state index in [9.17, 15) is 9.59 Å². The average molecular weight is 332 g/mol. The minimum absolute atomic E-state index is 0.248. The van der Waals surface area contributed by atoms with Crippen molar-refractivity contribution in [3.05, 3.63) is 46.2 Å². The second-order valence-corrected chi connectivity index (χ2v) is 5.88. The van der Waals surface area contributed by atoms with Gasteiger partial charge in [0.05, 0.1) is 31.9 Å². The molecule has 0 spiro atoms. The van der Waals surface area contributed by atoms with Gasteiger partial charge in [0.2, 0.25) is 0 Å². The lowest BCUT2D eigenvalue weighted by Crippen LogP contribution is -2.49. The van der Waals surface area contributed by atoms with Crippen LogP contribution in [0.4, 0.5) is 4.79 Å². The topological polar surface area (TPSA) is 67.9 Å². The summed E-state index contributed by atoms with van der Waals surface area (Å²) in [4.78, 5) is 26.4. The van der Waals surface area contributed by atoms with Gasteiger partial charge in [0.1, 0.15) is 0 Å². The lowest BCUT2D eigenvalue weighted by molar-refractivity contribution is -0.136. The Balaban J connectivity index is 2.52. The van der Waals surface area contributed by atoms with Crippen LogP contribution in [0, 0.1) is 13.8 Å². The third-order valence-corrected chi connectivity index (χ3v) is 4.26. The van der Waals surface area contributed by atoms with E-state index in [1.165, 1.54) is 12.0 Å². The van der Waals surface area contributed by atoms with Crippen molar-refractivity contribution in [2.75, 3.05) is 27.4 Å². The maximum atomic E-state index is 12.5. The molecule has 0 unspecified atom stereocenters. The molecular weight excluding hydrogens is 308 g/mol. The number of benzene rings is 1. The van der Waals surface area contributed by atoms with Crippen molar-refractivity contribution in [3.8, 4) is 0 Å². The summed E-state index contributed by atoms with van der Waals surface area (Å²) in [5.41, 5.74) is 4.06. The summed E-state index contributed by atoms with van der Waals surface area (Å²) < 4.78 is 10.0. The van der Waals surface area contributed by atoms with E-state index in [2.05, 4.69) is 5.32 Å². The molecule has 1 aliphatic rings. The number of methoxy groups -OCH3 is 2. The van der Waals surface area contributed by atoms with E-state index in [0.29, 0.717) is 24.4 Å². The Morgan fingerprint density at radius 2 is 1.96 bits per heavy atom. The number of carbonyl (C=O) groups is 2. The van der Waals surface area contributed by atoms with Crippen LogP contribution in [0.5, 0.6) is 0 Å². The fourth-order valence-corrected chi connectivity index (χ4v) is 2.99. The molecule has 1 aromatic carbocycles. The number of nitrogens with zero attached hydrogens (tertiary/aromatic N) is 1. The normalized spacial score (nSPS) is 17.8. The van der Waals surface area contributed by atoms with Crippen LogP contribution in [0.1, 0.15) is 29.7 Å². The molecule has 2 amide bonds. The van der Waals surface area contributed by atoms with Crippen molar-refractivity contribution in [3.63, 3.8) is 0 Å². The van der Waals surface area contributed by atoms with Crippen LogP contribution >= 0.6 is 0 Å².